The van der Waals surface area contributed by atoms with Crippen molar-refractivity contribution < 1.29 is 13.5 Å². The van der Waals surface area contributed by atoms with Crippen molar-refractivity contribution in [2.45, 2.75) is 38.3 Å². The third-order valence-electron chi connectivity index (χ3n) is 6.75. The number of rotatable bonds is 7. The van der Waals surface area contributed by atoms with Crippen molar-refractivity contribution in [2.75, 3.05) is 10.8 Å². The third-order valence-corrected chi connectivity index (χ3v) is 8.53. The van der Waals surface area contributed by atoms with Gasteiger partial charge in [0.1, 0.15) is 0 Å². The van der Waals surface area contributed by atoms with Crippen LogP contribution >= 0.6 is 0 Å². The molecule has 0 spiro atoms. The Labute approximate surface area is 212 Å². The van der Waals surface area contributed by atoms with Gasteiger partial charge in [0, 0.05) is 21.8 Å². The van der Waals surface area contributed by atoms with E-state index < -0.39 is 16.1 Å². The molecule has 6 heteroatoms. The maximum atomic E-state index is 13.9. The Morgan fingerprint density at radius 1 is 0.750 bits per heavy atom. The highest BCUT2D eigenvalue weighted by Gasteiger charge is 2.29. The van der Waals surface area contributed by atoms with Gasteiger partial charge in [-0.15, -0.1) is 0 Å². The maximum Gasteiger partial charge on any atom is 0.264 e. The summed E-state index contributed by atoms with van der Waals surface area (Å²) in [5.74, 6) is 0. The zero-order valence-electron chi connectivity index (χ0n) is 20.7. The van der Waals surface area contributed by atoms with E-state index in [-0.39, 0.29) is 18.0 Å². The summed E-state index contributed by atoms with van der Waals surface area (Å²) in [7, 11) is -3.91. The van der Waals surface area contributed by atoms with Crippen LogP contribution in [0.3, 0.4) is 0 Å². The average molecular weight is 499 g/mol. The number of aliphatic hydroxyl groups excluding tert-OH is 1. The van der Waals surface area contributed by atoms with Gasteiger partial charge in [-0.2, -0.15) is 0 Å². The molecule has 0 unspecified atom stereocenters. The standard InChI is InChI=1S/C30H30N2O3S/c1-21-15-17-25(18-16-21)36(34,35)32(30-22(2)9-8-10-23(30)3)20-24(33)19-31-28-13-6-4-11-26(28)27-12-5-7-14-29(27)31/h4-18,24,33H,19-20H2,1-3H3/t24-/m1/s1. The lowest BCUT2D eigenvalue weighted by Crippen LogP contribution is -2.40. The summed E-state index contributed by atoms with van der Waals surface area (Å²) < 4.78 is 31.3. The lowest BCUT2D eigenvalue weighted by atomic mass is 10.1. The number of aryl methyl sites for hydroxylation is 3. The SMILES string of the molecule is Cc1ccc(S(=O)(=O)N(C[C@H](O)Cn2c3ccccc3c3ccccc32)c2c(C)cccc2C)cc1. The van der Waals surface area contributed by atoms with Gasteiger partial charge in [0.15, 0.2) is 0 Å². The number of para-hydroxylation sites is 3. The Balaban J connectivity index is 1.57. The highest BCUT2D eigenvalue weighted by molar-refractivity contribution is 7.92. The Hall–Kier alpha value is -3.61. The normalized spacial score (nSPS) is 12.8. The predicted octanol–water partition coefficient (Wildman–Crippen LogP) is 5.98. The van der Waals surface area contributed by atoms with Crippen LogP contribution in [0.25, 0.3) is 21.8 Å². The molecule has 0 fully saturated rings. The van der Waals surface area contributed by atoms with E-state index in [1.807, 2.05) is 75.4 Å². The van der Waals surface area contributed by atoms with Crippen molar-refractivity contribution in [2.24, 2.45) is 0 Å². The van der Waals surface area contributed by atoms with Crippen molar-refractivity contribution in [3.05, 3.63) is 108 Å². The molecule has 0 aliphatic carbocycles. The van der Waals surface area contributed by atoms with E-state index in [0.717, 1.165) is 38.5 Å². The Morgan fingerprint density at radius 2 is 1.28 bits per heavy atom. The lowest BCUT2D eigenvalue weighted by Gasteiger charge is -2.30. The second kappa shape index (κ2) is 9.45. The molecular weight excluding hydrogens is 468 g/mol. The molecule has 4 aromatic carbocycles. The number of sulfonamides is 1. The fourth-order valence-electron chi connectivity index (χ4n) is 5.01. The van der Waals surface area contributed by atoms with Gasteiger partial charge < -0.3 is 9.67 Å². The summed E-state index contributed by atoms with van der Waals surface area (Å²) in [5, 5.41) is 13.6. The molecular formula is C30H30N2O3S. The molecule has 0 radical (unpaired) electrons. The molecule has 0 aliphatic rings. The van der Waals surface area contributed by atoms with Gasteiger partial charge in [0.05, 0.1) is 29.8 Å². The van der Waals surface area contributed by atoms with Crippen LogP contribution in [0.1, 0.15) is 16.7 Å². The average Bonchev–Trinajstić information content (AvgIpc) is 3.17. The topological polar surface area (TPSA) is 62.5 Å². The number of nitrogens with zero attached hydrogens (tertiary/aromatic N) is 2. The summed E-state index contributed by atoms with van der Waals surface area (Å²) in [6, 6.07) is 28.8. The minimum atomic E-state index is -3.91. The van der Waals surface area contributed by atoms with E-state index in [1.165, 1.54) is 4.31 Å². The smallest absolute Gasteiger partial charge is 0.264 e. The van der Waals surface area contributed by atoms with Gasteiger partial charge in [0.25, 0.3) is 10.0 Å². The van der Waals surface area contributed by atoms with Gasteiger partial charge in [-0.05, 0) is 56.2 Å². The minimum Gasteiger partial charge on any atom is -0.389 e. The molecule has 0 saturated carbocycles. The number of hydrogen-bond donors (Lipinski definition) is 1. The summed E-state index contributed by atoms with van der Waals surface area (Å²) in [6.07, 6.45) is -0.941. The van der Waals surface area contributed by atoms with Gasteiger partial charge in [-0.1, -0.05) is 72.3 Å². The Bertz CT molecular complexity index is 1580. The molecule has 36 heavy (non-hydrogen) atoms. The van der Waals surface area contributed by atoms with Crippen LogP contribution in [0, 0.1) is 20.8 Å². The highest BCUT2D eigenvalue weighted by Crippen LogP contribution is 2.32. The van der Waals surface area contributed by atoms with Crippen LogP contribution in [0.2, 0.25) is 0 Å². The lowest BCUT2D eigenvalue weighted by molar-refractivity contribution is 0.166. The quantitative estimate of drug-likeness (QED) is 0.300. The first-order chi connectivity index (χ1) is 17.3. The molecule has 0 aliphatic heterocycles. The van der Waals surface area contributed by atoms with Gasteiger partial charge in [0.2, 0.25) is 0 Å². The molecule has 1 aromatic heterocycles. The van der Waals surface area contributed by atoms with E-state index in [2.05, 4.69) is 16.7 Å². The summed E-state index contributed by atoms with van der Waals surface area (Å²) in [5.41, 5.74) is 5.30. The van der Waals surface area contributed by atoms with E-state index in [4.69, 9.17) is 0 Å². The second-order valence-electron chi connectivity index (χ2n) is 9.39. The Morgan fingerprint density at radius 3 is 1.83 bits per heavy atom. The van der Waals surface area contributed by atoms with Crippen molar-refractivity contribution in [1.29, 1.82) is 0 Å². The monoisotopic (exact) mass is 498 g/mol. The fraction of sp³-hybridized carbons (Fsp3) is 0.200. The first-order valence-corrected chi connectivity index (χ1v) is 13.5. The number of aliphatic hydroxyl groups is 1. The number of anilines is 1. The van der Waals surface area contributed by atoms with Crippen LogP contribution < -0.4 is 4.31 Å². The molecule has 1 N–H and O–H groups in total. The molecule has 5 aromatic rings. The molecule has 0 bridgehead atoms. The van der Waals surface area contributed by atoms with Crippen LogP contribution in [0.4, 0.5) is 5.69 Å². The van der Waals surface area contributed by atoms with Crippen molar-refractivity contribution >= 4 is 37.5 Å². The molecule has 5 rings (SSSR count). The van der Waals surface area contributed by atoms with E-state index in [0.29, 0.717) is 5.69 Å². The first-order valence-electron chi connectivity index (χ1n) is 12.1. The maximum absolute atomic E-state index is 13.9. The van der Waals surface area contributed by atoms with E-state index in [1.54, 1.807) is 24.3 Å². The first kappa shape index (κ1) is 24.1. The second-order valence-corrected chi connectivity index (χ2v) is 11.3. The van der Waals surface area contributed by atoms with Gasteiger partial charge in [-0.3, -0.25) is 4.31 Å². The van der Waals surface area contributed by atoms with Crippen molar-refractivity contribution in [3.8, 4) is 0 Å². The molecule has 0 saturated heterocycles. The number of benzene rings is 4. The van der Waals surface area contributed by atoms with Crippen LogP contribution in [0.5, 0.6) is 0 Å². The summed E-state index contributed by atoms with van der Waals surface area (Å²) in [4.78, 5) is 0.208. The Kier molecular flexibility index (Phi) is 6.33. The number of hydrogen-bond acceptors (Lipinski definition) is 3. The van der Waals surface area contributed by atoms with Crippen LogP contribution in [-0.4, -0.2) is 30.7 Å². The molecule has 184 valence electrons. The number of aromatic nitrogens is 1. The van der Waals surface area contributed by atoms with E-state index in [9.17, 15) is 13.5 Å². The number of fused-ring (bicyclic) bond motifs is 3. The summed E-state index contributed by atoms with van der Waals surface area (Å²) >= 11 is 0. The molecule has 1 atom stereocenters. The van der Waals surface area contributed by atoms with Crippen molar-refractivity contribution in [1.82, 2.24) is 4.57 Å². The third kappa shape index (κ3) is 4.27. The van der Waals surface area contributed by atoms with Crippen LogP contribution in [0.15, 0.2) is 95.9 Å². The predicted molar refractivity (Wildman–Crippen MR) is 147 cm³/mol. The van der Waals surface area contributed by atoms with Gasteiger partial charge >= 0.3 is 0 Å². The molecule has 1 heterocycles. The highest BCUT2D eigenvalue weighted by atomic mass is 32.2. The molecule has 5 nitrogen and oxygen atoms in total. The fourth-order valence-corrected chi connectivity index (χ4v) is 6.64. The van der Waals surface area contributed by atoms with Crippen molar-refractivity contribution in [3.63, 3.8) is 0 Å². The zero-order chi connectivity index (χ0) is 25.4. The largest absolute Gasteiger partial charge is 0.389 e. The van der Waals surface area contributed by atoms with E-state index >= 15 is 0 Å². The zero-order valence-corrected chi connectivity index (χ0v) is 21.5. The minimum absolute atomic E-state index is 0.0667. The van der Waals surface area contributed by atoms with Crippen LogP contribution in [-0.2, 0) is 16.6 Å². The van der Waals surface area contributed by atoms with Gasteiger partial charge in [-0.25, -0.2) is 8.42 Å². The summed E-state index contributed by atoms with van der Waals surface area (Å²) in [6.45, 7) is 5.93. The molecule has 0 amide bonds.